The lowest BCUT2D eigenvalue weighted by molar-refractivity contribution is -0.116. The molecule has 1 aromatic carbocycles. The van der Waals surface area contributed by atoms with E-state index in [1.54, 1.807) is 18.2 Å². The van der Waals surface area contributed by atoms with Crippen molar-refractivity contribution in [1.82, 2.24) is 14.5 Å². The van der Waals surface area contributed by atoms with Crippen molar-refractivity contribution in [3.63, 3.8) is 0 Å². The normalized spacial score (nSPS) is 17.8. The maximum atomic E-state index is 13.0. The summed E-state index contributed by atoms with van der Waals surface area (Å²) in [6, 6.07) is 9.64. The number of sulfonamides is 1. The number of furan rings is 1. The van der Waals surface area contributed by atoms with Crippen molar-refractivity contribution in [3.8, 4) is 0 Å². The number of anilines is 1. The lowest BCUT2D eigenvalue weighted by Gasteiger charge is -2.31. The van der Waals surface area contributed by atoms with Crippen LogP contribution < -0.4 is 10.6 Å². The van der Waals surface area contributed by atoms with Gasteiger partial charge >= 0.3 is 0 Å². The van der Waals surface area contributed by atoms with E-state index < -0.39 is 10.0 Å². The zero-order valence-corrected chi connectivity index (χ0v) is 20.6. The molecule has 0 unspecified atom stereocenters. The molecule has 0 radical (unpaired) electrons. The number of rotatable bonds is 9. The van der Waals surface area contributed by atoms with Crippen LogP contribution in [0.25, 0.3) is 0 Å². The van der Waals surface area contributed by atoms with Crippen LogP contribution in [0, 0.1) is 5.92 Å². The maximum absolute atomic E-state index is 13.0. The van der Waals surface area contributed by atoms with Gasteiger partial charge in [0.2, 0.25) is 15.9 Å². The van der Waals surface area contributed by atoms with E-state index in [9.17, 15) is 18.0 Å². The predicted octanol–water partition coefficient (Wildman–Crippen LogP) is 2.83. The number of nitrogens with zero attached hydrogens (tertiary/aromatic N) is 2. The topological polar surface area (TPSA) is 112 Å². The van der Waals surface area contributed by atoms with Gasteiger partial charge in [-0.1, -0.05) is 6.58 Å². The van der Waals surface area contributed by atoms with Gasteiger partial charge in [-0.3, -0.25) is 14.5 Å². The quantitative estimate of drug-likeness (QED) is 0.512. The van der Waals surface area contributed by atoms with Crippen molar-refractivity contribution in [3.05, 3.63) is 60.6 Å². The van der Waals surface area contributed by atoms with Crippen LogP contribution in [0.4, 0.5) is 5.69 Å². The highest BCUT2D eigenvalue weighted by Crippen LogP contribution is 2.25. The smallest absolute Gasteiger partial charge is 0.291 e. The molecule has 2 saturated heterocycles. The molecular weight excluding hydrogens is 468 g/mol. The highest BCUT2D eigenvalue weighted by Gasteiger charge is 2.29. The van der Waals surface area contributed by atoms with Crippen molar-refractivity contribution in [2.75, 3.05) is 38.0 Å². The molecule has 188 valence electrons. The average molecular weight is 501 g/mol. The van der Waals surface area contributed by atoms with E-state index in [0.29, 0.717) is 44.7 Å². The zero-order valence-electron chi connectivity index (χ0n) is 19.7. The average Bonchev–Trinajstić information content (AvgIpc) is 3.56. The van der Waals surface area contributed by atoms with E-state index in [0.717, 1.165) is 18.8 Å². The molecule has 10 heteroatoms. The van der Waals surface area contributed by atoms with Gasteiger partial charge in [-0.05, 0) is 87.2 Å². The Balaban J connectivity index is 1.30. The van der Waals surface area contributed by atoms with Crippen LogP contribution in [0.3, 0.4) is 0 Å². The van der Waals surface area contributed by atoms with Crippen LogP contribution in [-0.2, 0) is 21.4 Å². The number of carbonyl (C=O) groups is 2. The summed E-state index contributed by atoms with van der Waals surface area (Å²) in [5.74, 6) is 0.620. The molecule has 35 heavy (non-hydrogen) atoms. The molecule has 0 atom stereocenters. The monoisotopic (exact) mass is 500 g/mol. The molecular formula is C25H32N4O5S. The minimum Gasteiger partial charge on any atom is -0.455 e. The molecule has 2 aromatic rings. The van der Waals surface area contributed by atoms with Crippen LogP contribution in [-0.4, -0.2) is 62.2 Å². The van der Waals surface area contributed by atoms with Gasteiger partial charge in [0.1, 0.15) is 5.76 Å². The highest BCUT2D eigenvalue weighted by atomic mass is 32.2. The Labute approximate surface area is 206 Å². The minimum atomic E-state index is -3.63. The molecule has 4 rings (SSSR count). The zero-order chi connectivity index (χ0) is 24.8. The van der Waals surface area contributed by atoms with Crippen molar-refractivity contribution >= 4 is 27.5 Å². The van der Waals surface area contributed by atoms with Gasteiger partial charge in [0, 0.05) is 25.3 Å². The number of carbonyl (C=O) groups excluding carboxylic acids is 2. The first-order valence-electron chi connectivity index (χ1n) is 12.0. The summed E-state index contributed by atoms with van der Waals surface area (Å²) in [6.45, 7) is 7.52. The molecule has 2 amide bonds. The second kappa shape index (κ2) is 11.2. The van der Waals surface area contributed by atoms with Gasteiger partial charge in [-0.25, -0.2) is 8.42 Å². The third-order valence-electron chi connectivity index (χ3n) is 6.54. The Bertz CT molecular complexity index is 1140. The molecule has 9 nitrogen and oxygen atoms in total. The van der Waals surface area contributed by atoms with Gasteiger partial charge in [-0.2, -0.15) is 4.31 Å². The Kier molecular flexibility index (Phi) is 8.04. The first kappa shape index (κ1) is 25.2. The summed E-state index contributed by atoms with van der Waals surface area (Å²) in [7, 11) is -3.63. The molecule has 2 N–H and O–H groups in total. The van der Waals surface area contributed by atoms with Gasteiger partial charge in [-0.15, -0.1) is 0 Å². The van der Waals surface area contributed by atoms with E-state index in [1.165, 1.54) is 35.4 Å². The molecule has 3 heterocycles. The Hall–Kier alpha value is -2.95. The van der Waals surface area contributed by atoms with Crippen molar-refractivity contribution < 1.29 is 22.4 Å². The van der Waals surface area contributed by atoms with E-state index in [1.807, 2.05) is 6.07 Å². The summed E-state index contributed by atoms with van der Waals surface area (Å²) < 4.78 is 33.3. The first-order chi connectivity index (χ1) is 16.8. The van der Waals surface area contributed by atoms with Crippen molar-refractivity contribution in [2.45, 2.75) is 37.1 Å². The van der Waals surface area contributed by atoms with Crippen LogP contribution >= 0.6 is 0 Å². The van der Waals surface area contributed by atoms with Crippen LogP contribution in [0.1, 0.15) is 42.0 Å². The Morgan fingerprint density at radius 2 is 1.71 bits per heavy atom. The molecule has 0 aliphatic carbocycles. The molecule has 2 aliphatic heterocycles. The number of piperidine rings is 1. The van der Waals surface area contributed by atoms with Gasteiger partial charge < -0.3 is 15.1 Å². The SMILES string of the molecule is C=CC(=O)NCC1CCN(S(=O)(=O)c2ccc(NC(=O)c3ccc(CN4CCCC4)o3)cc2)CC1. The van der Waals surface area contributed by atoms with Gasteiger partial charge in [0.15, 0.2) is 5.76 Å². The third-order valence-corrected chi connectivity index (χ3v) is 8.45. The van der Waals surface area contributed by atoms with E-state index in [2.05, 4.69) is 22.1 Å². The lowest BCUT2D eigenvalue weighted by atomic mass is 9.98. The summed E-state index contributed by atoms with van der Waals surface area (Å²) in [4.78, 5) is 26.4. The number of likely N-dealkylation sites (tertiary alicyclic amines) is 1. The largest absolute Gasteiger partial charge is 0.455 e. The molecule has 1 aromatic heterocycles. The van der Waals surface area contributed by atoms with Crippen molar-refractivity contribution in [1.29, 1.82) is 0 Å². The van der Waals surface area contributed by atoms with E-state index in [4.69, 9.17) is 4.42 Å². The van der Waals surface area contributed by atoms with Crippen LogP contribution in [0.15, 0.2) is 58.4 Å². The van der Waals surface area contributed by atoms with E-state index >= 15 is 0 Å². The second-order valence-electron chi connectivity index (χ2n) is 9.02. The fourth-order valence-electron chi connectivity index (χ4n) is 4.47. The number of amides is 2. The molecule has 0 bridgehead atoms. The fourth-order valence-corrected chi connectivity index (χ4v) is 5.94. The number of benzene rings is 1. The third kappa shape index (κ3) is 6.39. The van der Waals surface area contributed by atoms with Gasteiger partial charge in [0.25, 0.3) is 5.91 Å². The standard InChI is InChI=1S/C25H32N4O5S/c1-2-24(30)26-17-19-11-15-29(16-12-19)35(32,33)22-8-5-20(6-9-22)27-25(31)23-10-7-21(34-23)18-28-13-3-4-14-28/h2,5-10,19H,1,3-4,11-18H2,(H,26,30)(H,27,31). The molecule has 0 spiro atoms. The Morgan fingerprint density at radius 1 is 1.03 bits per heavy atom. The molecule has 2 aliphatic rings. The number of nitrogens with one attached hydrogen (secondary N) is 2. The summed E-state index contributed by atoms with van der Waals surface area (Å²) >= 11 is 0. The molecule has 0 saturated carbocycles. The fraction of sp³-hybridized carbons (Fsp3) is 0.440. The maximum Gasteiger partial charge on any atom is 0.291 e. The minimum absolute atomic E-state index is 0.180. The summed E-state index contributed by atoms with van der Waals surface area (Å²) in [5.41, 5.74) is 0.489. The van der Waals surface area contributed by atoms with E-state index in [-0.39, 0.29) is 28.4 Å². The van der Waals surface area contributed by atoms with Crippen LogP contribution in [0.2, 0.25) is 0 Å². The Morgan fingerprint density at radius 3 is 2.37 bits per heavy atom. The van der Waals surface area contributed by atoms with Crippen LogP contribution in [0.5, 0.6) is 0 Å². The second-order valence-corrected chi connectivity index (χ2v) is 11.0. The predicted molar refractivity (Wildman–Crippen MR) is 132 cm³/mol. The lowest BCUT2D eigenvalue weighted by Crippen LogP contribution is -2.41. The van der Waals surface area contributed by atoms with Crippen molar-refractivity contribution in [2.24, 2.45) is 5.92 Å². The van der Waals surface area contributed by atoms with Gasteiger partial charge in [0.05, 0.1) is 11.4 Å². The number of hydrogen-bond acceptors (Lipinski definition) is 6. The summed E-state index contributed by atoms with van der Waals surface area (Å²) in [5, 5.41) is 5.53. The first-order valence-corrected chi connectivity index (χ1v) is 13.4. The summed E-state index contributed by atoms with van der Waals surface area (Å²) in [6.07, 6.45) is 4.95. The highest BCUT2D eigenvalue weighted by molar-refractivity contribution is 7.89. The molecule has 2 fully saturated rings. The number of hydrogen-bond donors (Lipinski definition) is 2.